The van der Waals surface area contributed by atoms with E-state index < -0.39 is 89.4 Å². The highest BCUT2D eigenvalue weighted by Crippen LogP contribution is 2.25. The molecule has 0 aromatic carbocycles. The fourth-order valence-corrected chi connectivity index (χ4v) is 8.45. The van der Waals surface area contributed by atoms with Crippen molar-refractivity contribution in [2.75, 3.05) is 30.1 Å². The van der Waals surface area contributed by atoms with Gasteiger partial charge in [0.15, 0.2) is 5.78 Å². The average Bonchev–Trinajstić information content (AvgIpc) is 2.94. The molecule has 1 fully saturated rings. The first-order valence-electron chi connectivity index (χ1n) is 13.4. The van der Waals surface area contributed by atoms with E-state index in [1.54, 1.807) is 13.8 Å². The Morgan fingerprint density at radius 1 is 0.864 bits per heavy atom. The van der Waals surface area contributed by atoms with Crippen LogP contribution in [0.4, 0.5) is 0 Å². The van der Waals surface area contributed by atoms with Gasteiger partial charge in [0, 0.05) is 28.9 Å². The van der Waals surface area contributed by atoms with Crippen LogP contribution in [0.1, 0.15) is 27.2 Å². The summed E-state index contributed by atoms with van der Waals surface area (Å²) in [6, 6.07) is -7.05. The van der Waals surface area contributed by atoms with Gasteiger partial charge >= 0.3 is 5.97 Å². The first-order chi connectivity index (χ1) is 20.6. The summed E-state index contributed by atoms with van der Waals surface area (Å²) in [7, 11) is 6.04. The minimum absolute atomic E-state index is 0.00216. The molecule has 0 saturated carbocycles. The van der Waals surface area contributed by atoms with Crippen LogP contribution in [-0.4, -0.2) is 123 Å². The molecule has 1 rings (SSSR count). The Morgan fingerprint density at radius 3 is 1.93 bits per heavy atom. The lowest BCUT2D eigenvalue weighted by molar-refractivity contribution is -0.140. The molecule has 44 heavy (non-hydrogen) atoms. The highest BCUT2D eigenvalue weighted by Gasteiger charge is 2.33. The summed E-state index contributed by atoms with van der Waals surface area (Å²) in [5, 5.41) is 31.5. The number of nitrogens with two attached hydrogens (primary N) is 1. The Morgan fingerprint density at radius 2 is 1.41 bits per heavy atom. The molecule has 1 aliphatic rings. The molecule has 1 aliphatic heterocycles. The fraction of sp³-hybridized carbons (Fsp3) is 0.708. The zero-order valence-electron chi connectivity index (χ0n) is 24.6. The fourth-order valence-electron chi connectivity index (χ4n) is 3.46. The number of carbonyl (C=O) groups is 7. The summed E-state index contributed by atoms with van der Waals surface area (Å²) in [6.45, 7) is 4.65. The molecule has 250 valence electrons. The number of thiol groups is 1. The molecule has 1 unspecified atom stereocenters. The number of Topliss-reactive ketones (excluding diaryl/α,β-unsaturated/α-hetero) is 1. The van der Waals surface area contributed by atoms with Gasteiger partial charge in [-0.25, -0.2) is 0 Å². The Hall–Kier alpha value is -1.68. The number of nitrogens with one attached hydrogen (secondary N) is 5. The van der Waals surface area contributed by atoms with E-state index in [4.69, 9.17) is 5.73 Å². The van der Waals surface area contributed by atoms with E-state index in [0.717, 1.165) is 43.2 Å². The predicted molar refractivity (Wildman–Crippen MR) is 176 cm³/mol. The van der Waals surface area contributed by atoms with Crippen molar-refractivity contribution in [1.82, 2.24) is 26.6 Å². The Balaban J connectivity index is 3.28. The van der Waals surface area contributed by atoms with Crippen molar-refractivity contribution in [3.8, 4) is 0 Å². The van der Waals surface area contributed by atoms with Gasteiger partial charge in [0.25, 0.3) is 0 Å². The van der Waals surface area contributed by atoms with Crippen molar-refractivity contribution in [3.63, 3.8) is 0 Å². The molecule has 4 amide bonds. The van der Waals surface area contributed by atoms with Gasteiger partial charge in [-0.15, -0.1) is 12.6 Å². The summed E-state index contributed by atoms with van der Waals surface area (Å²) in [5.74, 6) is -5.01. The molecule has 0 spiro atoms. The van der Waals surface area contributed by atoms with E-state index in [9.17, 15) is 43.8 Å². The van der Waals surface area contributed by atoms with Crippen LogP contribution in [-0.2, 0) is 33.6 Å². The maximum atomic E-state index is 13.1. The lowest BCUT2D eigenvalue weighted by Crippen LogP contribution is -2.59. The van der Waals surface area contributed by atoms with Gasteiger partial charge in [-0.2, -0.15) is 0 Å². The third kappa shape index (κ3) is 14.2. The van der Waals surface area contributed by atoms with Gasteiger partial charge < -0.3 is 42.5 Å². The van der Waals surface area contributed by atoms with E-state index in [-0.39, 0.29) is 28.8 Å². The van der Waals surface area contributed by atoms with Crippen LogP contribution in [0.5, 0.6) is 0 Å². The molecule has 9 N–H and O–H groups in total. The first kappa shape index (κ1) is 40.3. The van der Waals surface area contributed by atoms with Crippen molar-refractivity contribution in [3.05, 3.63) is 0 Å². The molecule has 15 nitrogen and oxygen atoms in total. The number of hydrogen-bond acceptors (Lipinski definition) is 14. The molecular weight excluding hydrogens is 677 g/mol. The van der Waals surface area contributed by atoms with Crippen LogP contribution >= 0.6 is 55.8 Å². The molecule has 0 aromatic heterocycles. The van der Waals surface area contributed by atoms with Gasteiger partial charge in [-0.1, -0.05) is 57.0 Å². The van der Waals surface area contributed by atoms with E-state index >= 15 is 0 Å². The Labute approximate surface area is 276 Å². The maximum Gasteiger partial charge on any atom is 0.305 e. The predicted octanol–water partition coefficient (Wildman–Crippen LogP) is -1.85. The number of carbonyl (C=O) groups excluding carboxylic acids is 6. The van der Waals surface area contributed by atoms with Crippen LogP contribution in [0.3, 0.4) is 0 Å². The second kappa shape index (κ2) is 20.4. The van der Waals surface area contributed by atoms with Gasteiger partial charge in [0.05, 0.1) is 30.7 Å². The number of likely N-dealkylation sites (N-methyl/N-ethyl adjacent to an activating group) is 1. The second-order valence-electron chi connectivity index (χ2n) is 9.99. The number of ketones is 1. The summed E-state index contributed by atoms with van der Waals surface area (Å²) >= 11 is 3.80. The molecule has 0 aromatic rings. The summed E-state index contributed by atoms with van der Waals surface area (Å²) in [5.41, 5.74) is 5.96. The van der Waals surface area contributed by atoms with Crippen molar-refractivity contribution in [2.24, 2.45) is 11.7 Å². The highest BCUT2D eigenvalue weighted by molar-refractivity contribution is 8.77. The minimum atomic E-state index is -1.53. The van der Waals surface area contributed by atoms with Crippen LogP contribution in [0.25, 0.3) is 0 Å². The van der Waals surface area contributed by atoms with Crippen molar-refractivity contribution in [2.45, 2.75) is 69.5 Å². The van der Waals surface area contributed by atoms with Crippen LogP contribution in [0.15, 0.2) is 0 Å². The highest BCUT2D eigenvalue weighted by atomic mass is 33.1. The van der Waals surface area contributed by atoms with Crippen LogP contribution in [0, 0.1) is 5.92 Å². The standard InChI is InChI=1S/C24H40N6O9S5/c1-10(2)19(34)14-7-42-41-6-12(25)20(35)27-13(5-17(32)33)21(36)29-16(24(39)40)9-44-43-8-15(26-4)22(37)30-18(11(3)31)23(38)28-14/h10-16,18,26,31H,5-9,25H2,1-4H3,(H,27,35)(H,28,38)(H,29,36)(H,30,37)(H,32,33)(H,39,40)/t11-,12+,13+,14+,15+,16+,18?/m1/s1. The number of amides is 4. The SMILES string of the molecule is CN[C@H]1CSSC[C@@H](C(=O)S)NC(=O)[C@H](CC(=O)O)NC(=O)[C@@H](N)CSSC[C@@H](C(=O)C(C)C)NC(=O)C([C@@H](C)O)NC1=O. The van der Waals surface area contributed by atoms with Gasteiger partial charge in [-0.05, 0) is 14.0 Å². The maximum absolute atomic E-state index is 13.1. The summed E-state index contributed by atoms with van der Waals surface area (Å²) in [6.07, 6.45) is -2.07. The molecule has 20 heteroatoms. The topological polar surface area (TPSA) is 246 Å². The van der Waals surface area contributed by atoms with Gasteiger partial charge in [-0.3, -0.25) is 33.6 Å². The quantitative estimate of drug-likeness (QED) is 0.104. The summed E-state index contributed by atoms with van der Waals surface area (Å²) < 4.78 is 0. The summed E-state index contributed by atoms with van der Waals surface area (Å²) in [4.78, 5) is 88.1. The van der Waals surface area contributed by atoms with E-state index in [1.165, 1.54) is 14.0 Å². The van der Waals surface area contributed by atoms with Gasteiger partial charge in [0.2, 0.25) is 28.7 Å². The van der Waals surface area contributed by atoms with E-state index in [1.807, 2.05) is 0 Å². The molecule has 1 saturated heterocycles. The zero-order valence-corrected chi connectivity index (χ0v) is 28.7. The monoisotopic (exact) mass is 716 g/mol. The number of aliphatic hydroxyl groups excluding tert-OH is 1. The number of hydrogen-bond donors (Lipinski definition) is 9. The van der Waals surface area contributed by atoms with Crippen molar-refractivity contribution in [1.29, 1.82) is 0 Å². The molecule has 0 radical (unpaired) electrons. The van der Waals surface area contributed by atoms with Gasteiger partial charge in [0.1, 0.15) is 18.1 Å². The first-order valence-corrected chi connectivity index (χ1v) is 18.8. The van der Waals surface area contributed by atoms with Crippen LogP contribution < -0.4 is 32.3 Å². The number of carboxylic acids is 1. The van der Waals surface area contributed by atoms with Crippen molar-refractivity contribution < 1.29 is 43.8 Å². The number of aliphatic carboxylic acids is 1. The molecule has 0 aliphatic carbocycles. The lowest BCUT2D eigenvalue weighted by Gasteiger charge is -2.27. The minimum Gasteiger partial charge on any atom is -0.481 e. The van der Waals surface area contributed by atoms with E-state index in [2.05, 4.69) is 39.2 Å². The second-order valence-corrected chi connectivity index (χ2v) is 15.5. The average molecular weight is 717 g/mol. The molecule has 7 atom stereocenters. The van der Waals surface area contributed by atoms with Crippen LogP contribution in [0.2, 0.25) is 0 Å². The Kier molecular flexibility index (Phi) is 18.7. The molecule has 1 heterocycles. The molecular formula is C24H40N6O9S5. The third-order valence-corrected chi connectivity index (χ3v) is 11.2. The third-order valence-electron chi connectivity index (χ3n) is 6.04. The van der Waals surface area contributed by atoms with E-state index in [0.29, 0.717) is 0 Å². The molecule has 0 bridgehead atoms. The number of carboxylic acid groups (broad SMARTS) is 1. The number of aliphatic hydroxyl groups is 1. The smallest absolute Gasteiger partial charge is 0.305 e. The zero-order chi connectivity index (χ0) is 33.6. The Bertz CT molecular complexity index is 1050. The normalized spacial score (nSPS) is 28.3. The number of rotatable bonds is 7. The van der Waals surface area contributed by atoms with Crippen molar-refractivity contribution >= 4 is 96.3 Å². The largest absolute Gasteiger partial charge is 0.481 e. The lowest BCUT2D eigenvalue weighted by atomic mass is 10.0.